The molecule has 0 aliphatic carbocycles. The lowest BCUT2D eigenvalue weighted by Gasteiger charge is -2.20. The fraction of sp³-hybridized carbons (Fsp3) is 0.318. The number of benzene rings is 2. The van der Waals surface area contributed by atoms with E-state index in [1.54, 1.807) is 6.08 Å². The number of halogens is 1. The van der Waals surface area contributed by atoms with Crippen molar-refractivity contribution in [2.24, 2.45) is 0 Å². The van der Waals surface area contributed by atoms with E-state index in [9.17, 15) is 4.79 Å². The molecular formula is C22H26BrNO2. The van der Waals surface area contributed by atoms with Gasteiger partial charge in [-0.15, -0.1) is 0 Å². The van der Waals surface area contributed by atoms with E-state index in [0.717, 1.165) is 27.9 Å². The molecule has 0 aliphatic rings. The van der Waals surface area contributed by atoms with Crippen LogP contribution in [0.1, 0.15) is 45.2 Å². The van der Waals surface area contributed by atoms with E-state index in [2.05, 4.69) is 48.9 Å². The molecule has 26 heavy (non-hydrogen) atoms. The van der Waals surface area contributed by atoms with E-state index < -0.39 is 0 Å². The summed E-state index contributed by atoms with van der Waals surface area (Å²) < 4.78 is 6.58. The van der Waals surface area contributed by atoms with Gasteiger partial charge in [0.1, 0.15) is 5.75 Å². The minimum absolute atomic E-state index is 0.0627. The summed E-state index contributed by atoms with van der Waals surface area (Å²) >= 11 is 3.55. The zero-order chi connectivity index (χ0) is 19.2. The van der Waals surface area contributed by atoms with Gasteiger partial charge in [0.25, 0.3) is 0 Å². The van der Waals surface area contributed by atoms with Crippen molar-refractivity contribution in [2.45, 2.75) is 39.5 Å². The first-order valence-corrected chi connectivity index (χ1v) is 9.61. The van der Waals surface area contributed by atoms with E-state index in [0.29, 0.717) is 6.61 Å². The molecule has 0 saturated heterocycles. The number of carbonyl (C=O) groups is 1. The van der Waals surface area contributed by atoms with Gasteiger partial charge in [-0.3, -0.25) is 4.79 Å². The van der Waals surface area contributed by atoms with Gasteiger partial charge in [-0.25, -0.2) is 0 Å². The minimum atomic E-state index is -0.181. The van der Waals surface area contributed by atoms with Crippen LogP contribution in [0.25, 0.3) is 6.08 Å². The number of anilines is 1. The third-order valence-corrected chi connectivity index (χ3v) is 4.54. The summed E-state index contributed by atoms with van der Waals surface area (Å²) in [6.07, 6.45) is 4.24. The summed E-state index contributed by atoms with van der Waals surface area (Å²) in [6, 6.07) is 13.7. The van der Waals surface area contributed by atoms with Crippen molar-refractivity contribution in [3.63, 3.8) is 0 Å². The molecule has 138 valence electrons. The van der Waals surface area contributed by atoms with Crippen molar-refractivity contribution < 1.29 is 9.53 Å². The Labute approximate surface area is 164 Å². The topological polar surface area (TPSA) is 38.3 Å². The predicted octanol–water partition coefficient (Wildman–Crippen LogP) is 6.19. The first kappa shape index (κ1) is 20.2. The smallest absolute Gasteiger partial charge is 0.248 e. The lowest BCUT2D eigenvalue weighted by molar-refractivity contribution is -0.111. The Bertz CT molecular complexity index is 791. The van der Waals surface area contributed by atoms with E-state index in [-0.39, 0.29) is 11.3 Å². The molecule has 1 amide bonds. The van der Waals surface area contributed by atoms with E-state index in [1.165, 1.54) is 11.6 Å². The first-order valence-electron chi connectivity index (χ1n) is 8.82. The SMILES string of the molecule is CCCOc1ccccc1/C=C/C(=O)Nc1ccc(C(C)(C)C)cc1Br. The van der Waals surface area contributed by atoms with Crippen LogP contribution < -0.4 is 10.1 Å². The van der Waals surface area contributed by atoms with Crippen molar-refractivity contribution in [3.05, 3.63) is 64.1 Å². The number of rotatable bonds is 6. The van der Waals surface area contributed by atoms with Gasteiger partial charge in [-0.2, -0.15) is 0 Å². The van der Waals surface area contributed by atoms with E-state index in [1.807, 2.05) is 42.5 Å². The normalized spacial score (nSPS) is 11.6. The maximum Gasteiger partial charge on any atom is 0.248 e. The van der Waals surface area contributed by atoms with Crippen LogP contribution in [0.5, 0.6) is 5.75 Å². The summed E-state index contributed by atoms with van der Waals surface area (Å²) in [5.74, 6) is 0.605. The highest BCUT2D eigenvalue weighted by atomic mass is 79.9. The number of hydrogen-bond acceptors (Lipinski definition) is 2. The summed E-state index contributed by atoms with van der Waals surface area (Å²) in [5.41, 5.74) is 2.91. The molecule has 0 saturated carbocycles. The molecule has 4 heteroatoms. The maximum absolute atomic E-state index is 12.3. The lowest BCUT2D eigenvalue weighted by Crippen LogP contribution is -2.12. The Morgan fingerprint density at radius 3 is 2.58 bits per heavy atom. The predicted molar refractivity (Wildman–Crippen MR) is 113 cm³/mol. The zero-order valence-corrected chi connectivity index (χ0v) is 17.4. The van der Waals surface area contributed by atoms with Crippen LogP contribution in [0.2, 0.25) is 0 Å². The van der Waals surface area contributed by atoms with Gasteiger partial charge >= 0.3 is 0 Å². The summed E-state index contributed by atoms with van der Waals surface area (Å²) in [7, 11) is 0. The molecule has 0 aliphatic heterocycles. The van der Waals surface area contributed by atoms with Gasteiger partial charge in [0, 0.05) is 16.1 Å². The van der Waals surface area contributed by atoms with Crippen LogP contribution in [-0.2, 0) is 10.2 Å². The highest BCUT2D eigenvalue weighted by Crippen LogP contribution is 2.30. The van der Waals surface area contributed by atoms with Crippen molar-refractivity contribution in [1.29, 1.82) is 0 Å². The molecule has 0 radical (unpaired) electrons. The number of amides is 1. The Balaban J connectivity index is 2.09. The molecule has 0 atom stereocenters. The van der Waals surface area contributed by atoms with Gasteiger partial charge < -0.3 is 10.1 Å². The highest BCUT2D eigenvalue weighted by Gasteiger charge is 2.15. The highest BCUT2D eigenvalue weighted by molar-refractivity contribution is 9.10. The molecule has 0 spiro atoms. The largest absolute Gasteiger partial charge is 0.493 e. The zero-order valence-electron chi connectivity index (χ0n) is 15.8. The lowest BCUT2D eigenvalue weighted by atomic mass is 9.87. The quantitative estimate of drug-likeness (QED) is 0.571. The molecule has 3 nitrogen and oxygen atoms in total. The Kier molecular flexibility index (Phi) is 7.04. The summed E-state index contributed by atoms with van der Waals surface area (Å²) in [4.78, 5) is 12.3. The molecule has 0 unspecified atom stereocenters. The molecule has 2 aromatic carbocycles. The fourth-order valence-corrected chi connectivity index (χ4v) is 2.86. The number of hydrogen-bond donors (Lipinski definition) is 1. The average molecular weight is 416 g/mol. The summed E-state index contributed by atoms with van der Waals surface area (Å²) in [6.45, 7) is 9.20. The monoisotopic (exact) mass is 415 g/mol. The van der Waals surface area contributed by atoms with Gasteiger partial charge in [0.2, 0.25) is 5.91 Å². The number of nitrogens with one attached hydrogen (secondary N) is 1. The van der Waals surface area contributed by atoms with Crippen LogP contribution in [0.15, 0.2) is 53.0 Å². The molecule has 0 aromatic heterocycles. The molecular weight excluding hydrogens is 390 g/mol. The third-order valence-electron chi connectivity index (χ3n) is 3.89. The average Bonchev–Trinajstić information content (AvgIpc) is 2.59. The van der Waals surface area contributed by atoms with Crippen molar-refractivity contribution in [3.8, 4) is 5.75 Å². The van der Waals surface area contributed by atoms with Crippen LogP contribution in [-0.4, -0.2) is 12.5 Å². The summed E-state index contributed by atoms with van der Waals surface area (Å²) in [5, 5.41) is 2.91. The van der Waals surface area contributed by atoms with Crippen LogP contribution >= 0.6 is 15.9 Å². The fourth-order valence-electron chi connectivity index (χ4n) is 2.38. The standard InChI is InChI=1S/C22H26BrNO2/c1-5-14-26-20-9-7-6-8-16(20)10-13-21(25)24-19-12-11-17(15-18(19)23)22(2,3)4/h6-13,15H,5,14H2,1-4H3,(H,24,25)/b13-10+. The second-order valence-electron chi connectivity index (χ2n) is 7.15. The molecule has 0 heterocycles. The first-order chi connectivity index (χ1) is 12.3. The number of para-hydroxylation sites is 1. The van der Waals surface area contributed by atoms with Crippen LogP contribution in [0.3, 0.4) is 0 Å². The molecule has 0 bridgehead atoms. The van der Waals surface area contributed by atoms with Crippen molar-refractivity contribution >= 4 is 33.6 Å². The van der Waals surface area contributed by atoms with E-state index >= 15 is 0 Å². The number of ether oxygens (including phenoxy) is 1. The van der Waals surface area contributed by atoms with Gasteiger partial charge in [0.15, 0.2) is 0 Å². The number of carbonyl (C=O) groups excluding carboxylic acids is 1. The van der Waals surface area contributed by atoms with Gasteiger partial charge in [-0.05, 0) is 57.6 Å². The molecule has 0 fully saturated rings. The van der Waals surface area contributed by atoms with Crippen LogP contribution in [0, 0.1) is 0 Å². The molecule has 1 N–H and O–H groups in total. The molecule has 2 aromatic rings. The molecule has 2 rings (SSSR count). The van der Waals surface area contributed by atoms with Crippen LogP contribution in [0.4, 0.5) is 5.69 Å². The van der Waals surface area contributed by atoms with Gasteiger partial charge in [0.05, 0.1) is 12.3 Å². The third kappa shape index (κ3) is 5.73. The van der Waals surface area contributed by atoms with Crippen molar-refractivity contribution in [1.82, 2.24) is 0 Å². The second-order valence-corrected chi connectivity index (χ2v) is 8.01. The van der Waals surface area contributed by atoms with Gasteiger partial charge in [-0.1, -0.05) is 52.0 Å². The Morgan fingerprint density at radius 1 is 1.19 bits per heavy atom. The Hall–Kier alpha value is -2.07. The minimum Gasteiger partial charge on any atom is -0.493 e. The van der Waals surface area contributed by atoms with E-state index in [4.69, 9.17) is 4.74 Å². The van der Waals surface area contributed by atoms with Crippen molar-refractivity contribution in [2.75, 3.05) is 11.9 Å². The Morgan fingerprint density at radius 2 is 1.92 bits per heavy atom. The second kappa shape index (κ2) is 9.04. The maximum atomic E-state index is 12.3.